The Labute approximate surface area is 160 Å². The van der Waals surface area contributed by atoms with Gasteiger partial charge in [0.05, 0.1) is 22.6 Å². The van der Waals surface area contributed by atoms with Crippen LogP contribution in [0.3, 0.4) is 0 Å². The molecule has 7 heteroatoms. The minimum atomic E-state index is -0.114. The molecule has 1 aliphatic rings. The van der Waals surface area contributed by atoms with Crippen molar-refractivity contribution in [2.24, 2.45) is 11.1 Å². The van der Waals surface area contributed by atoms with Crippen molar-refractivity contribution in [2.45, 2.75) is 39.3 Å². The second-order valence-electron chi connectivity index (χ2n) is 7.06. The molecular formula is C17H26Cl3N3O. The van der Waals surface area contributed by atoms with Crippen LogP contribution in [0.25, 0.3) is 0 Å². The fourth-order valence-electron chi connectivity index (χ4n) is 2.98. The number of hydrogen-bond acceptors (Lipinski definition) is 3. The third kappa shape index (κ3) is 5.50. The summed E-state index contributed by atoms with van der Waals surface area (Å²) in [5, 5.41) is 4.03. The topological polar surface area (TPSA) is 58.4 Å². The lowest BCUT2D eigenvalue weighted by molar-refractivity contribution is -0.123. The van der Waals surface area contributed by atoms with Crippen LogP contribution in [-0.4, -0.2) is 36.5 Å². The summed E-state index contributed by atoms with van der Waals surface area (Å²) in [5.74, 6) is 0.00911. The number of likely N-dealkylation sites (tertiary alicyclic amines) is 1. The van der Waals surface area contributed by atoms with E-state index >= 15 is 0 Å². The fourth-order valence-corrected chi connectivity index (χ4v) is 3.28. The van der Waals surface area contributed by atoms with Gasteiger partial charge in [-0.15, -0.1) is 12.4 Å². The van der Waals surface area contributed by atoms with E-state index in [4.69, 9.17) is 28.9 Å². The molecule has 2 rings (SSSR count). The number of amides is 1. The van der Waals surface area contributed by atoms with Crippen molar-refractivity contribution in [3.63, 3.8) is 0 Å². The highest BCUT2D eigenvalue weighted by molar-refractivity contribution is 6.42. The number of nitrogens with one attached hydrogen (secondary N) is 1. The molecule has 1 aliphatic heterocycles. The number of carbonyl (C=O) groups excluding carboxylic acids is 1. The molecule has 1 heterocycles. The van der Waals surface area contributed by atoms with Gasteiger partial charge in [0.25, 0.3) is 0 Å². The first-order chi connectivity index (χ1) is 10.7. The quantitative estimate of drug-likeness (QED) is 0.819. The molecule has 3 N–H and O–H groups in total. The van der Waals surface area contributed by atoms with E-state index in [0.29, 0.717) is 16.6 Å². The Balaban J connectivity index is 0.00000288. The normalized spacial score (nSPS) is 21.7. The van der Waals surface area contributed by atoms with E-state index < -0.39 is 0 Å². The summed E-state index contributed by atoms with van der Waals surface area (Å²) in [6.45, 7) is 8.33. The van der Waals surface area contributed by atoms with Crippen molar-refractivity contribution in [1.82, 2.24) is 10.2 Å². The van der Waals surface area contributed by atoms with Crippen molar-refractivity contribution < 1.29 is 4.79 Å². The lowest BCUT2D eigenvalue weighted by atomic mass is 9.80. The number of nitrogens with two attached hydrogens (primary N) is 1. The maximum absolute atomic E-state index is 12.3. The van der Waals surface area contributed by atoms with E-state index in [1.54, 1.807) is 12.1 Å². The fraction of sp³-hybridized carbons (Fsp3) is 0.588. The highest BCUT2D eigenvalue weighted by atomic mass is 35.5. The third-order valence-corrected chi connectivity index (χ3v) is 5.32. The number of benzene rings is 1. The molecule has 24 heavy (non-hydrogen) atoms. The Kier molecular flexibility index (Phi) is 7.82. The van der Waals surface area contributed by atoms with Gasteiger partial charge in [-0.1, -0.05) is 43.1 Å². The van der Waals surface area contributed by atoms with Crippen molar-refractivity contribution in [3.8, 4) is 0 Å². The van der Waals surface area contributed by atoms with Gasteiger partial charge < -0.3 is 11.1 Å². The average molecular weight is 395 g/mol. The number of halogens is 3. The smallest absolute Gasteiger partial charge is 0.234 e. The molecule has 1 aromatic rings. The van der Waals surface area contributed by atoms with Crippen LogP contribution in [0.15, 0.2) is 18.2 Å². The zero-order valence-electron chi connectivity index (χ0n) is 14.3. The third-order valence-electron chi connectivity index (χ3n) is 4.58. The number of carbonyl (C=O) groups is 1. The minimum absolute atomic E-state index is 0. The Bertz CT molecular complexity index is 580. The van der Waals surface area contributed by atoms with Crippen molar-refractivity contribution in [2.75, 3.05) is 19.6 Å². The Hall–Kier alpha value is -0.520. The summed E-state index contributed by atoms with van der Waals surface area (Å²) in [5.41, 5.74) is 7.11. The van der Waals surface area contributed by atoms with E-state index in [2.05, 4.69) is 24.1 Å². The summed E-state index contributed by atoms with van der Waals surface area (Å²) >= 11 is 12.0. The van der Waals surface area contributed by atoms with Crippen LogP contribution in [0.4, 0.5) is 0 Å². The van der Waals surface area contributed by atoms with E-state index in [-0.39, 0.29) is 35.8 Å². The van der Waals surface area contributed by atoms with Gasteiger partial charge in [-0.2, -0.15) is 0 Å². The first-order valence-electron chi connectivity index (χ1n) is 7.91. The maximum Gasteiger partial charge on any atom is 0.234 e. The molecule has 1 fully saturated rings. The van der Waals surface area contributed by atoms with E-state index in [1.807, 2.05) is 13.0 Å². The number of hydrogen-bond donors (Lipinski definition) is 2. The Morgan fingerprint density at radius 2 is 2.08 bits per heavy atom. The molecule has 0 saturated carbocycles. The lowest BCUT2D eigenvalue weighted by Crippen LogP contribution is -2.54. The van der Waals surface area contributed by atoms with Gasteiger partial charge in [0.15, 0.2) is 0 Å². The van der Waals surface area contributed by atoms with Gasteiger partial charge in [-0.3, -0.25) is 9.69 Å². The molecule has 0 aromatic heterocycles. The summed E-state index contributed by atoms with van der Waals surface area (Å²) < 4.78 is 0. The van der Waals surface area contributed by atoms with E-state index in [9.17, 15) is 4.79 Å². The van der Waals surface area contributed by atoms with E-state index in [1.165, 1.54) is 0 Å². The lowest BCUT2D eigenvalue weighted by Gasteiger charge is -2.42. The number of nitrogens with zero attached hydrogens (tertiary/aromatic N) is 1. The Morgan fingerprint density at radius 1 is 1.42 bits per heavy atom. The predicted octanol–water partition coefficient (Wildman–Crippen LogP) is 3.65. The van der Waals surface area contributed by atoms with Crippen LogP contribution in [0, 0.1) is 5.41 Å². The highest BCUT2D eigenvalue weighted by Gasteiger charge is 2.33. The van der Waals surface area contributed by atoms with Gasteiger partial charge in [0, 0.05) is 19.1 Å². The van der Waals surface area contributed by atoms with Gasteiger partial charge in [-0.05, 0) is 36.5 Å². The monoisotopic (exact) mass is 393 g/mol. The Morgan fingerprint density at radius 3 is 2.67 bits per heavy atom. The largest absolute Gasteiger partial charge is 0.348 e. The highest BCUT2D eigenvalue weighted by Crippen LogP contribution is 2.28. The standard InChI is InChI=1S/C17H25Cl2N3O.ClH/c1-11(12-4-5-13(18)14(19)8-12)21-16(23)9-22-7-6-15(20)17(2,3)10-22;/h4-5,8,11,15H,6-7,9-10,20H2,1-3H3,(H,21,23);1H. The van der Waals surface area contributed by atoms with E-state index in [0.717, 1.165) is 25.1 Å². The maximum atomic E-state index is 12.3. The summed E-state index contributed by atoms with van der Waals surface area (Å²) in [4.78, 5) is 14.5. The second kappa shape index (κ2) is 8.72. The second-order valence-corrected chi connectivity index (χ2v) is 7.87. The van der Waals surface area contributed by atoms with Gasteiger partial charge in [-0.25, -0.2) is 0 Å². The number of piperidine rings is 1. The predicted molar refractivity (Wildman–Crippen MR) is 103 cm³/mol. The molecule has 0 aliphatic carbocycles. The molecule has 2 atom stereocenters. The molecule has 4 nitrogen and oxygen atoms in total. The van der Waals surface area contributed by atoms with Crippen LogP contribution >= 0.6 is 35.6 Å². The first-order valence-corrected chi connectivity index (χ1v) is 8.67. The van der Waals surface area contributed by atoms with Crippen LogP contribution in [0.1, 0.15) is 38.8 Å². The zero-order valence-corrected chi connectivity index (χ0v) is 16.6. The summed E-state index contributed by atoms with van der Waals surface area (Å²) in [6, 6.07) is 5.49. The molecule has 2 unspecified atom stereocenters. The van der Waals surface area contributed by atoms with Crippen molar-refractivity contribution >= 4 is 41.5 Å². The molecule has 1 amide bonds. The van der Waals surface area contributed by atoms with Crippen LogP contribution in [0.5, 0.6) is 0 Å². The SMILES string of the molecule is CC(NC(=O)CN1CCC(N)C(C)(C)C1)c1ccc(Cl)c(Cl)c1.Cl. The molecule has 0 bridgehead atoms. The minimum Gasteiger partial charge on any atom is -0.348 e. The number of rotatable bonds is 4. The van der Waals surface area contributed by atoms with Gasteiger partial charge in [0.1, 0.15) is 0 Å². The van der Waals surface area contributed by atoms with Gasteiger partial charge in [0.2, 0.25) is 5.91 Å². The summed E-state index contributed by atoms with van der Waals surface area (Å²) in [7, 11) is 0. The summed E-state index contributed by atoms with van der Waals surface area (Å²) in [6.07, 6.45) is 0.919. The van der Waals surface area contributed by atoms with Crippen LogP contribution < -0.4 is 11.1 Å². The van der Waals surface area contributed by atoms with Crippen LogP contribution in [-0.2, 0) is 4.79 Å². The molecule has 1 aromatic carbocycles. The van der Waals surface area contributed by atoms with Gasteiger partial charge >= 0.3 is 0 Å². The molecule has 0 radical (unpaired) electrons. The first kappa shape index (κ1) is 21.5. The van der Waals surface area contributed by atoms with Crippen molar-refractivity contribution in [3.05, 3.63) is 33.8 Å². The molecule has 136 valence electrons. The van der Waals surface area contributed by atoms with Crippen LogP contribution in [0.2, 0.25) is 10.0 Å². The average Bonchev–Trinajstić information content (AvgIpc) is 2.45. The molecule has 0 spiro atoms. The molecule has 1 saturated heterocycles. The molecular weight excluding hydrogens is 369 g/mol. The van der Waals surface area contributed by atoms with Crippen molar-refractivity contribution in [1.29, 1.82) is 0 Å². The zero-order chi connectivity index (χ0) is 17.2.